The number of rotatable bonds is 5. The number of thiocarbonyl (C=S) groups is 1. The number of halogens is 1. The number of nitrogens with zero attached hydrogens (tertiary/aromatic N) is 3. The van der Waals surface area contributed by atoms with Crippen LogP contribution in [0.1, 0.15) is 62.7 Å². The van der Waals surface area contributed by atoms with Gasteiger partial charge >= 0.3 is 5.97 Å². The van der Waals surface area contributed by atoms with Gasteiger partial charge in [0.2, 0.25) is 5.43 Å². The predicted octanol–water partition coefficient (Wildman–Crippen LogP) is 4.46. The van der Waals surface area contributed by atoms with E-state index < -0.39 is 17.2 Å². The van der Waals surface area contributed by atoms with E-state index in [0.717, 1.165) is 22.9 Å². The van der Waals surface area contributed by atoms with Gasteiger partial charge in [-0.2, -0.15) is 0 Å². The SMILES string of the molecule is CCn1cc(C(=O)O)c(=O)c2cc(F)c(N3CCN(C(=S)N[C@@H](C)C45CC6CC(CC(C6)C4)C5)CC3)cc21. The molecule has 0 spiro atoms. The van der Waals surface area contributed by atoms with E-state index in [2.05, 4.69) is 17.1 Å². The Morgan fingerprint density at radius 1 is 1.13 bits per heavy atom. The van der Waals surface area contributed by atoms with Crippen molar-refractivity contribution in [3.8, 4) is 0 Å². The molecule has 2 aromatic rings. The van der Waals surface area contributed by atoms with Crippen LogP contribution in [0.2, 0.25) is 0 Å². The Balaban J connectivity index is 1.14. The van der Waals surface area contributed by atoms with Crippen molar-refractivity contribution in [1.29, 1.82) is 0 Å². The first kappa shape index (κ1) is 25.6. The van der Waals surface area contributed by atoms with Crippen molar-refractivity contribution in [2.24, 2.45) is 23.2 Å². The van der Waals surface area contributed by atoms with Crippen LogP contribution in [0.25, 0.3) is 10.9 Å². The van der Waals surface area contributed by atoms with E-state index >= 15 is 4.39 Å². The lowest BCUT2D eigenvalue weighted by atomic mass is 9.48. The molecule has 5 fully saturated rings. The molecule has 4 bridgehead atoms. The summed E-state index contributed by atoms with van der Waals surface area (Å²) >= 11 is 5.87. The molecule has 1 aromatic carbocycles. The van der Waals surface area contributed by atoms with Gasteiger partial charge in [0.05, 0.1) is 11.2 Å². The van der Waals surface area contributed by atoms with E-state index in [9.17, 15) is 14.7 Å². The number of hydrogen-bond acceptors (Lipinski definition) is 4. The molecule has 7 nitrogen and oxygen atoms in total. The number of carboxylic acids is 1. The number of aromatic carboxylic acids is 1. The minimum atomic E-state index is -1.30. The Morgan fingerprint density at radius 3 is 2.29 bits per heavy atom. The Hall–Kier alpha value is -2.68. The first-order valence-electron chi connectivity index (χ1n) is 14.1. The van der Waals surface area contributed by atoms with Crippen molar-refractivity contribution in [1.82, 2.24) is 14.8 Å². The van der Waals surface area contributed by atoms with Crippen molar-refractivity contribution in [3.05, 3.63) is 39.9 Å². The van der Waals surface area contributed by atoms with Gasteiger partial charge in [-0.05, 0) is 99.9 Å². The smallest absolute Gasteiger partial charge is 0.341 e. The zero-order chi connectivity index (χ0) is 26.8. The van der Waals surface area contributed by atoms with Crippen LogP contribution in [0.5, 0.6) is 0 Å². The number of anilines is 1. The van der Waals surface area contributed by atoms with Gasteiger partial charge in [-0.1, -0.05) is 0 Å². The molecule has 1 aliphatic heterocycles. The Labute approximate surface area is 228 Å². The number of carbonyl (C=O) groups is 1. The summed E-state index contributed by atoms with van der Waals surface area (Å²) in [6.45, 7) is 7.26. The van der Waals surface area contributed by atoms with Crippen LogP contribution in [0.4, 0.5) is 10.1 Å². The van der Waals surface area contributed by atoms with Crippen LogP contribution in [0.3, 0.4) is 0 Å². The van der Waals surface area contributed by atoms with Gasteiger partial charge < -0.3 is 24.8 Å². The second-order valence-corrected chi connectivity index (χ2v) is 12.6. The molecular formula is C29H37FN4O3S. The zero-order valence-corrected chi connectivity index (χ0v) is 23.0. The number of carboxylic acid groups (broad SMARTS) is 1. The van der Waals surface area contributed by atoms with E-state index in [1.165, 1.54) is 50.8 Å². The second-order valence-electron chi connectivity index (χ2n) is 12.2. The maximum absolute atomic E-state index is 15.3. The average Bonchev–Trinajstić information content (AvgIpc) is 2.88. The van der Waals surface area contributed by atoms with Gasteiger partial charge in [0.15, 0.2) is 5.11 Å². The zero-order valence-electron chi connectivity index (χ0n) is 22.2. The van der Waals surface area contributed by atoms with Crippen LogP contribution < -0.4 is 15.6 Å². The summed E-state index contributed by atoms with van der Waals surface area (Å²) in [5.41, 5.74) is 0.358. The third-order valence-corrected chi connectivity index (χ3v) is 10.3. The van der Waals surface area contributed by atoms with Gasteiger partial charge in [0, 0.05) is 50.3 Å². The number of fused-ring (bicyclic) bond motifs is 1. The van der Waals surface area contributed by atoms with Gasteiger partial charge in [-0.3, -0.25) is 4.79 Å². The first-order valence-corrected chi connectivity index (χ1v) is 14.5. The fraction of sp³-hybridized carbons (Fsp3) is 0.621. The summed E-state index contributed by atoms with van der Waals surface area (Å²) in [4.78, 5) is 28.4. The quantitative estimate of drug-likeness (QED) is 0.543. The molecule has 204 valence electrons. The summed E-state index contributed by atoms with van der Waals surface area (Å²) < 4.78 is 16.9. The lowest BCUT2D eigenvalue weighted by molar-refractivity contribution is -0.0675. The molecule has 9 heteroatoms. The summed E-state index contributed by atoms with van der Waals surface area (Å²) in [6.07, 6.45) is 9.64. The first-order chi connectivity index (χ1) is 18.2. The van der Waals surface area contributed by atoms with Crippen molar-refractivity contribution in [2.75, 3.05) is 31.1 Å². The van der Waals surface area contributed by atoms with Gasteiger partial charge in [0.25, 0.3) is 0 Å². The highest BCUT2D eigenvalue weighted by molar-refractivity contribution is 7.80. The van der Waals surface area contributed by atoms with Gasteiger partial charge in [0.1, 0.15) is 11.4 Å². The number of aromatic nitrogens is 1. The maximum atomic E-state index is 15.3. The largest absolute Gasteiger partial charge is 0.477 e. The molecule has 4 aliphatic carbocycles. The molecule has 0 amide bonds. The fourth-order valence-corrected chi connectivity index (χ4v) is 8.70. The van der Waals surface area contributed by atoms with Crippen molar-refractivity contribution in [2.45, 2.75) is 65.0 Å². The molecule has 5 aliphatic rings. The number of hydrogen-bond donors (Lipinski definition) is 2. The van der Waals surface area contributed by atoms with Crippen LogP contribution in [0, 0.1) is 29.0 Å². The van der Waals surface area contributed by atoms with E-state index in [4.69, 9.17) is 12.2 Å². The highest BCUT2D eigenvalue weighted by atomic mass is 32.1. The van der Waals surface area contributed by atoms with E-state index in [-0.39, 0.29) is 10.9 Å². The normalized spacial score (nSPS) is 29.1. The standard InChI is InChI=1S/C29H37FN4O3S/c1-3-32-16-22(27(36)37)26(35)21-11-23(30)25(12-24(21)32)33-4-6-34(7-5-33)28(38)31-17(2)29-13-18-8-19(14-29)10-20(9-18)15-29/h11-12,16-20H,3-10,13-15H2,1-2H3,(H,31,38)(H,36,37)/t17-,18?,19?,20?,29?/m0/s1. The van der Waals surface area contributed by atoms with Crippen LogP contribution in [-0.4, -0.2) is 57.9 Å². The third-order valence-electron chi connectivity index (χ3n) is 9.97. The minimum Gasteiger partial charge on any atom is -0.477 e. The number of piperazine rings is 1. The molecule has 1 aromatic heterocycles. The second kappa shape index (κ2) is 9.50. The molecule has 1 saturated heterocycles. The summed E-state index contributed by atoms with van der Waals surface area (Å²) in [5, 5.41) is 14.0. The fourth-order valence-electron chi connectivity index (χ4n) is 8.34. The molecule has 2 heterocycles. The van der Waals surface area contributed by atoms with Crippen molar-refractivity contribution in [3.63, 3.8) is 0 Å². The van der Waals surface area contributed by atoms with Crippen LogP contribution in [-0.2, 0) is 6.54 Å². The molecule has 4 saturated carbocycles. The maximum Gasteiger partial charge on any atom is 0.341 e. The molecule has 0 radical (unpaired) electrons. The molecule has 38 heavy (non-hydrogen) atoms. The average molecular weight is 541 g/mol. The number of pyridine rings is 1. The Bertz CT molecular complexity index is 1310. The number of nitrogens with one attached hydrogen (secondary N) is 1. The minimum absolute atomic E-state index is 0.0932. The van der Waals surface area contributed by atoms with Gasteiger partial charge in [-0.15, -0.1) is 0 Å². The van der Waals surface area contributed by atoms with Gasteiger partial charge in [-0.25, -0.2) is 9.18 Å². The van der Waals surface area contributed by atoms with Crippen LogP contribution in [0.15, 0.2) is 23.1 Å². The Morgan fingerprint density at radius 2 is 1.74 bits per heavy atom. The number of aryl methyl sites for hydroxylation is 1. The van der Waals surface area contributed by atoms with Crippen LogP contribution >= 0.6 is 12.2 Å². The van der Waals surface area contributed by atoms with E-state index in [0.29, 0.717) is 55.4 Å². The van der Waals surface area contributed by atoms with Crippen molar-refractivity contribution >= 4 is 39.9 Å². The topological polar surface area (TPSA) is 77.8 Å². The molecule has 7 rings (SSSR count). The molecule has 0 unspecified atom stereocenters. The monoisotopic (exact) mass is 540 g/mol. The molecule has 1 atom stereocenters. The van der Waals surface area contributed by atoms with Crippen molar-refractivity contribution < 1.29 is 14.3 Å². The molecular weight excluding hydrogens is 503 g/mol. The third kappa shape index (κ3) is 4.27. The van der Waals surface area contributed by atoms with E-state index in [1.807, 2.05) is 11.8 Å². The van der Waals surface area contributed by atoms with E-state index in [1.54, 1.807) is 10.6 Å². The number of benzene rings is 1. The highest BCUT2D eigenvalue weighted by Gasteiger charge is 2.53. The lowest BCUT2D eigenvalue weighted by Gasteiger charge is -2.59. The summed E-state index contributed by atoms with van der Waals surface area (Å²) in [6, 6.07) is 3.24. The predicted molar refractivity (Wildman–Crippen MR) is 150 cm³/mol. The highest BCUT2D eigenvalue weighted by Crippen LogP contribution is 2.61. The lowest BCUT2D eigenvalue weighted by Crippen LogP contribution is -2.59. The Kier molecular flexibility index (Phi) is 6.40. The summed E-state index contributed by atoms with van der Waals surface area (Å²) in [5.74, 6) is 0.893. The molecule has 2 N–H and O–H groups in total. The summed E-state index contributed by atoms with van der Waals surface area (Å²) in [7, 11) is 0.